The van der Waals surface area contributed by atoms with Gasteiger partial charge in [0.25, 0.3) is 0 Å². The number of hydrogen-bond acceptors (Lipinski definition) is 2. The third-order valence-electron chi connectivity index (χ3n) is 6.97. The van der Waals surface area contributed by atoms with Crippen molar-refractivity contribution in [1.29, 1.82) is 0 Å². The fourth-order valence-electron chi connectivity index (χ4n) is 6.11. The van der Waals surface area contributed by atoms with E-state index < -0.39 is 0 Å². The van der Waals surface area contributed by atoms with Crippen LogP contribution in [0.3, 0.4) is 0 Å². The largest absolute Gasteiger partial charge is 0.496 e. The molecule has 1 aromatic rings. The van der Waals surface area contributed by atoms with Gasteiger partial charge in [0, 0.05) is 17.8 Å². The normalized spacial score (nSPS) is 33.2. The maximum absolute atomic E-state index is 12.4. The average Bonchev–Trinajstić information content (AvgIpc) is 2.61. The Hall–Kier alpha value is -1.97. The first-order valence-electron chi connectivity index (χ1n) is 9.94. The number of ether oxygens (including phenoxy) is 1. The molecule has 4 bridgehead atoms. The zero-order chi connectivity index (χ0) is 18.1. The molecule has 4 fully saturated rings. The fraction of sp³-hybridized carbons (Fsp3) is 0.591. The molecular formula is C22H30N2O2. The van der Waals surface area contributed by atoms with Crippen LogP contribution in [-0.2, 0) is 0 Å². The average molecular weight is 354 g/mol. The van der Waals surface area contributed by atoms with E-state index >= 15 is 0 Å². The summed E-state index contributed by atoms with van der Waals surface area (Å²) in [5, 5.41) is 6.08. The van der Waals surface area contributed by atoms with E-state index in [0.29, 0.717) is 5.41 Å². The molecule has 0 aromatic heterocycles. The quantitative estimate of drug-likeness (QED) is 0.814. The Labute approximate surface area is 156 Å². The van der Waals surface area contributed by atoms with Gasteiger partial charge in [-0.1, -0.05) is 18.2 Å². The van der Waals surface area contributed by atoms with Crippen LogP contribution in [0.4, 0.5) is 4.79 Å². The number of amides is 2. The van der Waals surface area contributed by atoms with Gasteiger partial charge in [-0.05, 0) is 80.8 Å². The number of carbonyl (C=O) groups is 1. The zero-order valence-electron chi connectivity index (χ0n) is 15.8. The SMILES string of the molecule is COc1ccccc1/C=C/NC(=O)NC(C)C12CC3CC(CC(C3)C1)C2. The molecule has 4 aliphatic rings. The highest BCUT2D eigenvalue weighted by atomic mass is 16.5. The number of benzene rings is 1. The molecule has 0 saturated heterocycles. The molecule has 4 saturated carbocycles. The molecule has 5 rings (SSSR count). The summed E-state index contributed by atoms with van der Waals surface area (Å²) < 4.78 is 5.33. The molecule has 140 valence electrons. The first-order chi connectivity index (χ1) is 12.6. The third-order valence-corrected chi connectivity index (χ3v) is 6.97. The van der Waals surface area contributed by atoms with Gasteiger partial charge in [-0.3, -0.25) is 0 Å². The molecule has 26 heavy (non-hydrogen) atoms. The first-order valence-corrected chi connectivity index (χ1v) is 9.94. The van der Waals surface area contributed by atoms with E-state index in [2.05, 4.69) is 17.6 Å². The molecule has 4 heteroatoms. The predicted octanol–water partition coefficient (Wildman–Crippen LogP) is 4.57. The molecule has 0 aliphatic heterocycles. The van der Waals surface area contributed by atoms with Gasteiger partial charge in [-0.15, -0.1) is 0 Å². The standard InChI is InChI=1S/C22H30N2O2/c1-15(22-12-16-9-17(13-22)11-18(10-16)14-22)24-21(25)23-8-7-19-5-3-4-6-20(19)26-2/h3-8,15-18H,9-14H2,1-2H3,(H2,23,24,25)/b8-7+. The van der Waals surface area contributed by atoms with Crippen LogP contribution in [0, 0.1) is 23.2 Å². The Morgan fingerprint density at radius 2 is 1.77 bits per heavy atom. The highest BCUT2D eigenvalue weighted by Gasteiger charge is 2.53. The monoisotopic (exact) mass is 354 g/mol. The molecule has 1 atom stereocenters. The van der Waals surface area contributed by atoms with Crippen molar-refractivity contribution in [2.45, 2.75) is 51.5 Å². The Morgan fingerprint density at radius 3 is 2.38 bits per heavy atom. The lowest BCUT2D eigenvalue weighted by Gasteiger charge is -2.59. The molecule has 0 heterocycles. The maximum Gasteiger partial charge on any atom is 0.318 e. The van der Waals surface area contributed by atoms with Crippen molar-refractivity contribution in [2.75, 3.05) is 7.11 Å². The first kappa shape index (κ1) is 17.4. The topological polar surface area (TPSA) is 50.4 Å². The molecular weight excluding hydrogens is 324 g/mol. The van der Waals surface area contributed by atoms with E-state index in [1.165, 1.54) is 38.5 Å². The van der Waals surface area contributed by atoms with E-state index in [-0.39, 0.29) is 12.1 Å². The van der Waals surface area contributed by atoms with Gasteiger partial charge < -0.3 is 15.4 Å². The number of rotatable bonds is 5. The second-order valence-corrected chi connectivity index (χ2v) is 8.69. The second kappa shape index (κ2) is 6.98. The van der Waals surface area contributed by atoms with Gasteiger partial charge >= 0.3 is 6.03 Å². The number of methoxy groups -OCH3 is 1. The highest BCUT2D eigenvalue weighted by Crippen LogP contribution is 2.61. The van der Waals surface area contributed by atoms with E-state index in [1.54, 1.807) is 13.3 Å². The van der Waals surface area contributed by atoms with E-state index in [4.69, 9.17) is 4.74 Å². The van der Waals surface area contributed by atoms with E-state index in [1.807, 2.05) is 30.3 Å². The molecule has 2 N–H and O–H groups in total. The van der Waals surface area contributed by atoms with Gasteiger partial charge in [-0.2, -0.15) is 0 Å². The van der Waals surface area contributed by atoms with Gasteiger partial charge in [-0.25, -0.2) is 4.79 Å². The van der Waals surface area contributed by atoms with Crippen LogP contribution in [0.2, 0.25) is 0 Å². The van der Waals surface area contributed by atoms with Crippen molar-refractivity contribution in [2.24, 2.45) is 23.2 Å². The summed E-state index contributed by atoms with van der Waals surface area (Å²) in [6, 6.07) is 7.89. The number of urea groups is 1. The molecule has 2 amide bonds. The van der Waals surface area contributed by atoms with Crippen molar-refractivity contribution in [3.8, 4) is 5.75 Å². The summed E-state index contributed by atoms with van der Waals surface area (Å²) in [5.41, 5.74) is 1.28. The van der Waals surface area contributed by atoms with Crippen molar-refractivity contribution < 1.29 is 9.53 Å². The van der Waals surface area contributed by atoms with Crippen LogP contribution in [0.25, 0.3) is 6.08 Å². The maximum atomic E-state index is 12.4. The summed E-state index contributed by atoms with van der Waals surface area (Å²) in [7, 11) is 1.65. The molecule has 4 aliphatic carbocycles. The lowest BCUT2D eigenvalue weighted by atomic mass is 9.48. The lowest BCUT2D eigenvalue weighted by Crippen LogP contribution is -2.56. The van der Waals surface area contributed by atoms with Crippen LogP contribution in [0.1, 0.15) is 51.0 Å². The second-order valence-electron chi connectivity index (χ2n) is 8.69. The van der Waals surface area contributed by atoms with Crippen LogP contribution >= 0.6 is 0 Å². The van der Waals surface area contributed by atoms with Crippen LogP contribution in [0.5, 0.6) is 5.75 Å². The minimum atomic E-state index is -0.112. The van der Waals surface area contributed by atoms with E-state index in [9.17, 15) is 4.79 Å². The number of carbonyl (C=O) groups excluding carboxylic acids is 1. The summed E-state index contributed by atoms with van der Waals surface area (Å²) in [6.07, 6.45) is 11.8. The summed E-state index contributed by atoms with van der Waals surface area (Å²) >= 11 is 0. The van der Waals surface area contributed by atoms with Crippen molar-refractivity contribution in [3.05, 3.63) is 36.0 Å². The molecule has 4 nitrogen and oxygen atoms in total. The Bertz CT molecular complexity index is 662. The lowest BCUT2D eigenvalue weighted by molar-refractivity contribution is -0.0681. The van der Waals surface area contributed by atoms with Gasteiger partial charge in [0.1, 0.15) is 5.75 Å². The number of hydrogen-bond donors (Lipinski definition) is 2. The summed E-state index contributed by atoms with van der Waals surface area (Å²) in [5.74, 6) is 3.50. The Kier molecular flexibility index (Phi) is 4.68. The minimum absolute atomic E-state index is 0.112. The fourth-order valence-corrected chi connectivity index (χ4v) is 6.11. The van der Waals surface area contributed by atoms with Crippen molar-refractivity contribution in [1.82, 2.24) is 10.6 Å². The molecule has 1 unspecified atom stereocenters. The van der Waals surface area contributed by atoms with Crippen LogP contribution in [-0.4, -0.2) is 19.2 Å². The predicted molar refractivity (Wildman–Crippen MR) is 104 cm³/mol. The van der Waals surface area contributed by atoms with E-state index in [0.717, 1.165) is 29.1 Å². The Balaban J connectivity index is 1.34. The molecule has 0 spiro atoms. The molecule has 1 aromatic carbocycles. The highest BCUT2D eigenvalue weighted by molar-refractivity contribution is 5.76. The van der Waals surface area contributed by atoms with Crippen molar-refractivity contribution >= 4 is 12.1 Å². The molecule has 0 radical (unpaired) electrons. The van der Waals surface area contributed by atoms with Gasteiger partial charge in [0.15, 0.2) is 0 Å². The van der Waals surface area contributed by atoms with Gasteiger partial charge in [0.05, 0.1) is 7.11 Å². The number of nitrogens with one attached hydrogen (secondary N) is 2. The zero-order valence-corrected chi connectivity index (χ0v) is 15.8. The summed E-state index contributed by atoms with van der Waals surface area (Å²) in [6.45, 7) is 2.21. The third kappa shape index (κ3) is 3.34. The van der Waals surface area contributed by atoms with Gasteiger partial charge in [0.2, 0.25) is 0 Å². The number of para-hydroxylation sites is 1. The van der Waals surface area contributed by atoms with Crippen LogP contribution in [0.15, 0.2) is 30.5 Å². The smallest absolute Gasteiger partial charge is 0.318 e. The van der Waals surface area contributed by atoms with Crippen molar-refractivity contribution in [3.63, 3.8) is 0 Å². The Morgan fingerprint density at radius 1 is 1.15 bits per heavy atom. The summed E-state index contributed by atoms with van der Waals surface area (Å²) in [4.78, 5) is 12.4. The van der Waals surface area contributed by atoms with Crippen LogP contribution < -0.4 is 15.4 Å². The minimum Gasteiger partial charge on any atom is -0.496 e.